The number of likely N-dealkylation sites (N-methyl/N-ethyl adjacent to an activating group) is 1. The molecule has 1 aromatic rings. The summed E-state index contributed by atoms with van der Waals surface area (Å²) in [5.74, 6) is -0.445. The molecule has 0 aliphatic carbocycles. The minimum Gasteiger partial charge on any atom is -0.476 e. The minimum absolute atomic E-state index is 0.229. The van der Waals surface area contributed by atoms with E-state index in [1.165, 1.54) is 0 Å². The van der Waals surface area contributed by atoms with Gasteiger partial charge in [0.25, 0.3) is 0 Å². The van der Waals surface area contributed by atoms with Gasteiger partial charge in [0.1, 0.15) is 0 Å². The Morgan fingerprint density at radius 3 is 2.82 bits per heavy atom. The molecule has 1 aromatic heterocycles. The Morgan fingerprint density at radius 2 is 2.24 bits per heavy atom. The molecule has 0 aromatic carbocycles. The molecule has 17 heavy (non-hydrogen) atoms. The summed E-state index contributed by atoms with van der Waals surface area (Å²) >= 11 is 0. The lowest BCUT2D eigenvalue weighted by Gasteiger charge is -2.23. The van der Waals surface area contributed by atoms with Gasteiger partial charge in [-0.1, -0.05) is 13.8 Å². The van der Waals surface area contributed by atoms with Crippen LogP contribution in [-0.2, 0) is 19.5 Å². The Hall–Kier alpha value is -1.36. The third-order valence-electron chi connectivity index (χ3n) is 3.07. The molecule has 0 amide bonds. The van der Waals surface area contributed by atoms with Crippen LogP contribution in [0, 0.1) is 5.92 Å². The lowest BCUT2D eigenvalue weighted by Crippen LogP contribution is -2.28. The summed E-state index contributed by atoms with van der Waals surface area (Å²) < 4.78 is 1.89. The number of rotatable bonds is 3. The van der Waals surface area contributed by atoms with Gasteiger partial charge in [-0.3, -0.25) is 4.68 Å². The number of aromatic carboxylic acids is 1. The molecule has 5 nitrogen and oxygen atoms in total. The van der Waals surface area contributed by atoms with Crippen LogP contribution < -0.4 is 0 Å². The third kappa shape index (κ3) is 2.34. The number of fused-ring (bicyclic) bond motifs is 1. The Labute approximate surface area is 101 Å². The highest BCUT2D eigenvalue weighted by molar-refractivity contribution is 5.87. The molecular formula is C12H19N3O2. The molecule has 94 valence electrons. The van der Waals surface area contributed by atoms with Crippen LogP contribution in [0.4, 0.5) is 0 Å². The third-order valence-corrected chi connectivity index (χ3v) is 3.07. The molecule has 0 bridgehead atoms. The molecule has 0 saturated carbocycles. The van der Waals surface area contributed by atoms with Crippen molar-refractivity contribution >= 4 is 5.97 Å². The van der Waals surface area contributed by atoms with Crippen molar-refractivity contribution in [2.75, 3.05) is 13.6 Å². The van der Waals surface area contributed by atoms with Crippen LogP contribution in [0.25, 0.3) is 0 Å². The minimum atomic E-state index is -0.918. The zero-order valence-electron chi connectivity index (χ0n) is 10.6. The first-order valence-electron chi connectivity index (χ1n) is 5.99. The van der Waals surface area contributed by atoms with Crippen LogP contribution in [0.5, 0.6) is 0 Å². The predicted octanol–water partition coefficient (Wildman–Crippen LogP) is 1.23. The van der Waals surface area contributed by atoms with E-state index in [4.69, 9.17) is 0 Å². The van der Waals surface area contributed by atoms with Crippen molar-refractivity contribution in [3.8, 4) is 0 Å². The molecule has 0 spiro atoms. The van der Waals surface area contributed by atoms with Crippen LogP contribution in [-0.4, -0.2) is 39.3 Å². The number of nitrogens with zero attached hydrogens (tertiary/aromatic N) is 3. The zero-order chi connectivity index (χ0) is 12.6. The first-order valence-corrected chi connectivity index (χ1v) is 5.99. The van der Waals surface area contributed by atoms with Crippen LogP contribution >= 0.6 is 0 Å². The summed E-state index contributed by atoms with van der Waals surface area (Å²) in [6, 6.07) is 0. The van der Waals surface area contributed by atoms with E-state index >= 15 is 0 Å². The lowest BCUT2D eigenvalue weighted by atomic mass is 10.1. The van der Waals surface area contributed by atoms with Gasteiger partial charge in [0.05, 0.1) is 0 Å². The SMILES string of the molecule is CC(C)Cn1nc(C(=O)O)c2c1CCN(C)C2. The van der Waals surface area contributed by atoms with Gasteiger partial charge in [-0.15, -0.1) is 0 Å². The number of aromatic nitrogens is 2. The molecule has 0 saturated heterocycles. The Morgan fingerprint density at radius 1 is 1.53 bits per heavy atom. The molecule has 0 fully saturated rings. The highest BCUT2D eigenvalue weighted by Gasteiger charge is 2.26. The Bertz CT molecular complexity index is 437. The fraction of sp³-hybridized carbons (Fsp3) is 0.667. The van der Waals surface area contributed by atoms with E-state index in [1.807, 2.05) is 11.7 Å². The van der Waals surface area contributed by atoms with Gasteiger partial charge in [0.15, 0.2) is 5.69 Å². The summed E-state index contributed by atoms with van der Waals surface area (Å²) in [5, 5.41) is 13.4. The molecule has 1 aliphatic rings. The van der Waals surface area contributed by atoms with Crippen LogP contribution in [0.2, 0.25) is 0 Å². The van der Waals surface area contributed by atoms with E-state index in [1.54, 1.807) is 0 Å². The number of carbonyl (C=O) groups is 1. The summed E-state index contributed by atoms with van der Waals surface area (Å²) in [6.07, 6.45) is 0.888. The van der Waals surface area contributed by atoms with Gasteiger partial charge >= 0.3 is 5.97 Å². The fourth-order valence-corrected chi connectivity index (χ4v) is 2.29. The van der Waals surface area contributed by atoms with Gasteiger partial charge in [0.2, 0.25) is 0 Å². The first-order chi connectivity index (χ1) is 7.99. The average molecular weight is 237 g/mol. The van der Waals surface area contributed by atoms with Crippen molar-refractivity contribution in [3.05, 3.63) is 17.0 Å². The predicted molar refractivity (Wildman–Crippen MR) is 64.1 cm³/mol. The fourth-order valence-electron chi connectivity index (χ4n) is 2.29. The largest absolute Gasteiger partial charge is 0.476 e. The van der Waals surface area contributed by atoms with Crippen molar-refractivity contribution in [2.45, 2.75) is 33.4 Å². The van der Waals surface area contributed by atoms with E-state index in [0.29, 0.717) is 12.5 Å². The second-order valence-electron chi connectivity index (χ2n) is 5.14. The van der Waals surface area contributed by atoms with Crippen LogP contribution in [0.1, 0.15) is 35.6 Å². The van der Waals surface area contributed by atoms with Crippen molar-refractivity contribution in [1.82, 2.24) is 14.7 Å². The van der Waals surface area contributed by atoms with Crippen molar-refractivity contribution in [1.29, 1.82) is 0 Å². The normalized spacial score (nSPS) is 16.2. The monoisotopic (exact) mass is 237 g/mol. The van der Waals surface area contributed by atoms with E-state index in [0.717, 1.165) is 30.8 Å². The van der Waals surface area contributed by atoms with Gasteiger partial charge in [-0.2, -0.15) is 5.10 Å². The Balaban J connectivity index is 2.42. The van der Waals surface area contributed by atoms with E-state index in [9.17, 15) is 9.90 Å². The molecule has 5 heteroatoms. The van der Waals surface area contributed by atoms with E-state index in [-0.39, 0.29) is 5.69 Å². The quantitative estimate of drug-likeness (QED) is 0.859. The maximum absolute atomic E-state index is 11.2. The van der Waals surface area contributed by atoms with Gasteiger partial charge in [-0.05, 0) is 13.0 Å². The summed E-state index contributed by atoms with van der Waals surface area (Å²) in [5.41, 5.74) is 2.23. The summed E-state index contributed by atoms with van der Waals surface area (Å²) in [4.78, 5) is 13.3. The van der Waals surface area contributed by atoms with Crippen LogP contribution in [0.15, 0.2) is 0 Å². The maximum Gasteiger partial charge on any atom is 0.356 e. The first kappa shape index (κ1) is 12.1. The molecule has 1 aliphatic heterocycles. The number of carboxylic acid groups (broad SMARTS) is 1. The standard InChI is InChI=1S/C12H19N3O2/c1-8(2)6-15-10-4-5-14(3)7-9(10)11(13-15)12(16)17/h8H,4-7H2,1-3H3,(H,16,17). The van der Waals surface area contributed by atoms with Crippen molar-refractivity contribution in [3.63, 3.8) is 0 Å². The van der Waals surface area contributed by atoms with Crippen LogP contribution in [0.3, 0.4) is 0 Å². The number of hydrogen-bond acceptors (Lipinski definition) is 3. The van der Waals surface area contributed by atoms with E-state index < -0.39 is 5.97 Å². The molecule has 1 N–H and O–H groups in total. The molecule has 2 heterocycles. The van der Waals surface area contributed by atoms with Crippen molar-refractivity contribution in [2.24, 2.45) is 5.92 Å². The highest BCUT2D eigenvalue weighted by Crippen LogP contribution is 2.22. The van der Waals surface area contributed by atoms with Gasteiger partial charge in [0, 0.05) is 37.3 Å². The summed E-state index contributed by atoms with van der Waals surface area (Å²) in [7, 11) is 2.01. The second kappa shape index (κ2) is 4.49. The molecule has 2 rings (SSSR count). The van der Waals surface area contributed by atoms with E-state index in [2.05, 4.69) is 23.8 Å². The highest BCUT2D eigenvalue weighted by atomic mass is 16.4. The topological polar surface area (TPSA) is 58.4 Å². The number of carboxylic acids is 1. The molecule has 0 radical (unpaired) electrons. The number of hydrogen-bond donors (Lipinski definition) is 1. The van der Waals surface area contributed by atoms with Gasteiger partial charge < -0.3 is 10.0 Å². The second-order valence-corrected chi connectivity index (χ2v) is 5.14. The zero-order valence-corrected chi connectivity index (χ0v) is 10.6. The molecule has 0 unspecified atom stereocenters. The smallest absolute Gasteiger partial charge is 0.356 e. The Kier molecular flexibility index (Phi) is 3.19. The molecule has 0 atom stereocenters. The summed E-state index contributed by atoms with van der Waals surface area (Å²) in [6.45, 7) is 6.68. The van der Waals surface area contributed by atoms with Gasteiger partial charge in [-0.25, -0.2) is 4.79 Å². The average Bonchev–Trinajstić information content (AvgIpc) is 2.55. The maximum atomic E-state index is 11.2. The lowest BCUT2D eigenvalue weighted by molar-refractivity contribution is 0.0687. The van der Waals surface area contributed by atoms with Crippen molar-refractivity contribution < 1.29 is 9.90 Å². The molecular weight excluding hydrogens is 218 g/mol.